The summed E-state index contributed by atoms with van der Waals surface area (Å²) in [5.74, 6) is 1.51. The molecule has 0 aliphatic rings. The van der Waals surface area contributed by atoms with Crippen LogP contribution in [0.4, 0.5) is 0 Å². The van der Waals surface area contributed by atoms with E-state index in [9.17, 15) is 4.79 Å². The fraction of sp³-hybridized carbons (Fsp3) is 0.250. The van der Waals surface area contributed by atoms with Crippen molar-refractivity contribution in [3.05, 3.63) is 83.6 Å². The summed E-state index contributed by atoms with van der Waals surface area (Å²) < 4.78 is 13.5. The number of amides is 1. The maximum absolute atomic E-state index is 12.3. The van der Waals surface area contributed by atoms with Gasteiger partial charge in [0.15, 0.2) is 5.76 Å². The second-order valence-corrected chi connectivity index (χ2v) is 7.36. The molecule has 4 rings (SSSR count). The highest BCUT2D eigenvalue weighted by Crippen LogP contribution is 2.20. The average Bonchev–Trinajstić information content (AvgIpc) is 3.38. The molecule has 1 amide bonds. The van der Waals surface area contributed by atoms with Crippen LogP contribution in [0, 0.1) is 13.8 Å². The molecular weight excluding hydrogens is 378 g/mol. The van der Waals surface area contributed by atoms with Crippen LogP contribution in [0.5, 0.6) is 5.75 Å². The van der Waals surface area contributed by atoms with Gasteiger partial charge in [0.2, 0.25) is 0 Å². The first-order chi connectivity index (χ1) is 14.6. The van der Waals surface area contributed by atoms with Gasteiger partial charge in [-0.05, 0) is 56.2 Å². The van der Waals surface area contributed by atoms with Crippen molar-refractivity contribution in [1.82, 2.24) is 14.9 Å². The molecule has 0 saturated carbocycles. The van der Waals surface area contributed by atoms with Gasteiger partial charge in [0, 0.05) is 13.1 Å². The van der Waals surface area contributed by atoms with Crippen molar-refractivity contribution in [2.75, 3.05) is 6.54 Å². The Hall–Kier alpha value is -3.54. The number of aryl methyl sites for hydroxylation is 3. The summed E-state index contributed by atoms with van der Waals surface area (Å²) in [5, 5.41) is 2.90. The lowest BCUT2D eigenvalue weighted by molar-refractivity contribution is 0.0921. The Morgan fingerprint density at radius 2 is 2.00 bits per heavy atom. The van der Waals surface area contributed by atoms with E-state index >= 15 is 0 Å². The van der Waals surface area contributed by atoms with Crippen molar-refractivity contribution in [2.24, 2.45) is 0 Å². The third kappa shape index (κ3) is 4.54. The summed E-state index contributed by atoms with van der Waals surface area (Å²) in [4.78, 5) is 16.7. The molecule has 154 valence electrons. The number of aromatic nitrogens is 2. The summed E-state index contributed by atoms with van der Waals surface area (Å²) in [5.41, 5.74) is 4.35. The van der Waals surface area contributed by atoms with Crippen LogP contribution < -0.4 is 10.1 Å². The van der Waals surface area contributed by atoms with Crippen LogP contribution in [0.2, 0.25) is 0 Å². The molecular formula is C24H25N3O3. The molecule has 1 N–H and O–H groups in total. The zero-order valence-corrected chi connectivity index (χ0v) is 17.2. The van der Waals surface area contributed by atoms with E-state index in [0.717, 1.165) is 35.3 Å². The number of furan rings is 1. The number of hydrogen-bond donors (Lipinski definition) is 1. The largest absolute Gasteiger partial charge is 0.485 e. The number of hydrogen-bond acceptors (Lipinski definition) is 4. The van der Waals surface area contributed by atoms with Crippen molar-refractivity contribution in [3.8, 4) is 5.75 Å². The van der Waals surface area contributed by atoms with Gasteiger partial charge >= 0.3 is 0 Å². The van der Waals surface area contributed by atoms with Crippen molar-refractivity contribution in [2.45, 2.75) is 33.4 Å². The lowest BCUT2D eigenvalue weighted by Gasteiger charge is -2.08. The number of benzene rings is 2. The van der Waals surface area contributed by atoms with Crippen LogP contribution in [0.1, 0.15) is 33.9 Å². The lowest BCUT2D eigenvalue weighted by Crippen LogP contribution is -2.24. The van der Waals surface area contributed by atoms with Crippen LogP contribution in [0.15, 0.2) is 65.3 Å². The highest BCUT2D eigenvalue weighted by Gasteiger charge is 2.11. The van der Waals surface area contributed by atoms with E-state index in [1.807, 2.05) is 56.6 Å². The van der Waals surface area contributed by atoms with Crippen LogP contribution in [-0.2, 0) is 13.2 Å². The zero-order chi connectivity index (χ0) is 20.9. The fourth-order valence-electron chi connectivity index (χ4n) is 3.41. The normalized spacial score (nSPS) is 11.0. The van der Waals surface area contributed by atoms with Gasteiger partial charge in [-0.2, -0.15) is 0 Å². The first-order valence-corrected chi connectivity index (χ1v) is 10.1. The van der Waals surface area contributed by atoms with Crippen LogP contribution in [0.25, 0.3) is 11.0 Å². The number of carbonyl (C=O) groups excluding carboxylic acids is 1. The second-order valence-electron chi connectivity index (χ2n) is 7.36. The number of rotatable bonds is 8. The van der Waals surface area contributed by atoms with Gasteiger partial charge < -0.3 is 19.0 Å². The Balaban J connectivity index is 1.24. The van der Waals surface area contributed by atoms with E-state index in [0.29, 0.717) is 18.1 Å². The summed E-state index contributed by atoms with van der Waals surface area (Å²) in [6.45, 7) is 5.68. The lowest BCUT2D eigenvalue weighted by atomic mass is 10.1. The summed E-state index contributed by atoms with van der Waals surface area (Å²) in [6, 6.07) is 17.5. The molecule has 6 nitrogen and oxygen atoms in total. The summed E-state index contributed by atoms with van der Waals surface area (Å²) in [7, 11) is 0. The molecule has 30 heavy (non-hydrogen) atoms. The average molecular weight is 403 g/mol. The third-order valence-corrected chi connectivity index (χ3v) is 4.97. The second kappa shape index (κ2) is 8.86. The minimum Gasteiger partial charge on any atom is -0.485 e. The molecule has 2 aromatic carbocycles. The number of nitrogens with one attached hydrogen (secondary N) is 1. The van der Waals surface area contributed by atoms with Gasteiger partial charge in [0.25, 0.3) is 5.91 Å². The number of carbonyl (C=O) groups is 1. The minimum absolute atomic E-state index is 0.219. The Bertz CT molecular complexity index is 1160. The molecule has 0 atom stereocenters. The van der Waals surface area contributed by atoms with Gasteiger partial charge in [-0.3, -0.25) is 4.79 Å². The minimum atomic E-state index is -0.219. The molecule has 6 heteroatoms. The Morgan fingerprint density at radius 1 is 1.13 bits per heavy atom. The molecule has 0 fully saturated rings. The van der Waals surface area contributed by atoms with Crippen molar-refractivity contribution in [3.63, 3.8) is 0 Å². The molecule has 0 aliphatic heterocycles. The number of ether oxygens (including phenoxy) is 1. The maximum atomic E-state index is 12.3. The molecule has 2 heterocycles. The molecule has 2 aromatic heterocycles. The van der Waals surface area contributed by atoms with E-state index < -0.39 is 0 Å². The topological polar surface area (TPSA) is 69.3 Å². The highest BCUT2D eigenvalue weighted by molar-refractivity contribution is 5.91. The SMILES string of the molecule is Cc1ccc(OCc2ccc(C(=O)NCCCn3cnc4ccccc43)o2)c(C)c1. The van der Waals surface area contributed by atoms with Gasteiger partial charge in [0.05, 0.1) is 17.4 Å². The van der Waals surface area contributed by atoms with Crippen LogP contribution in [-0.4, -0.2) is 22.0 Å². The van der Waals surface area contributed by atoms with Gasteiger partial charge in [-0.1, -0.05) is 29.8 Å². The molecule has 0 saturated heterocycles. The highest BCUT2D eigenvalue weighted by atomic mass is 16.5. The van der Waals surface area contributed by atoms with E-state index in [4.69, 9.17) is 9.15 Å². The van der Waals surface area contributed by atoms with Gasteiger partial charge in [0.1, 0.15) is 18.1 Å². The Kier molecular flexibility index (Phi) is 5.84. The summed E-state index contributed by atoms with van der Waals surface area (Å²) in [6.07, 6.45) is 2.64. The predicted octanol–water partition coefficient (Wildman–Crippen LogP) is 4.65. The summed E-state index contributed by atoms with van der Waals surface area (Å²) >= 11 is 0. The van der Waals surface area contributed by atoms with Crippen molar-refractivity contribution in [1.29, 1.82) is 0 Å². The number of fused-ring (bicyclic) bond motifs is 1. The molecule has 4 aromatic rings. The predicted molar refractivity (Wildman–Crippen MR) is 116 cm³/mol. The van der Waals surface area contributed by atoms with Crippen molar-refractivity contribution < 1.29 is 13.9 Å². The van der Waals surface area contributed by atoms with Gasteiger partial charge in [-0.15, -0.1) is 0 Å². The van der Waals surface area contributed by atoms with E-state index in [1.165, 1.54) is 5.56 Å². The van der Waals surface area contributed by atoms with Crippen LogP contribution in [0.3, 0.4) is 0 Å². The first kappa shape index (κ1) is 19.8. The maximum Gasteiger partial charge on any atom is 0.286 e. The van der Waals surface area contributed by atoms with Crippen molar-refractivity contribution >= 4 is 16.9 Å². The Labute approximate surface area is 175 Å². The van der Waals surface area contributed by atoms with Gasteiger partial charge in [-0.25, -0.2) is 4.98 Å². The van der Waals surface area contributed by atoms with Crippen LogP contribution >= 0.6 is 0 Å². The van der Waals surface area contributed by atoms with E-state index in [-0.39, 0.29) is 12.5 Å². The first-order valence-electron chi connectivity index (χ1n) is 10.1. The molecule has 0 spiro atoms. The smallest absolute Gasteiger partial charge is 0.286 e. The molecule has 0 radical (unpaired) electrons. The number of nitrogens with zero attached hydrogens (tertiary/aromatic N) is 2. The quantitative estimate of drug-likeness (QED) is 0.435. The standard InChI is InChI=1S/C24H25N3O3/c1-17-8-10-22(18(2)14-17)29-15-19-9-11-23(30-19)24(28)25-12-5-13-27-16-26-20-6-3-4-7-21(20)27/h3-4,6-11,14,16H,5,12-13,15H2,1-2H3,(H,25,28). The molecule has 0 aliphatic carbocycles. The molecule has 0 unspecified atom stereocenters. The third-order valence-electron chi connectivity index (χ3n) is 4.97. The monoisotopic (exact) mass is 403 g/mol. The van der Waals surface area contributed by atoms with E-state index in [1.54, 1.807) is 12.1 Å². The Morgan fingerprint density at radius 3 is 2.87 bits per heavy atom. The number of para-hydroxylation sites is 2. The number of imidazole rings is 1. The van der Waals surface area contributed by atoms with E-state index in [2.05, 4.69) is 20.9 Å². The fourth-order valence-corrected chi connectivity index (χ4v) is 3.41. The zero-order valence-electron chi connectivity index (χ0n) is 17.2. The molecule has 0 bridgehead atoms.